The van der Waals surface area contributed by atoms with Gasteiger partial charge in [0.15, 0.2) is 0 Å². The number of nitrogens with one attached hydrogen (secondary N) is 1. The van der Waals surface area contributed by atoms with Gasteiger partial charge in [0.25, 0.3) is 11.8 Å². The topological polar surface area (TPSA) is 89.4 Å². The van der Waals surface area contributed by atoms with Crippen LogP contribution in [-0.4, -0.2) is 39.7 Å². The molecule has 0 aliphatic carbocycles. The first-order valence-electron chi connectivity index (χ1n) is 10.7. The van der Waals surface area contributed by atoms with Gasteiger partial charge in [-0.3, -0.25) is 19.5 Å². The van der Waals surface area contributed by atoms with Crippen LogP contribution in [0.2, 0.25) is 0 Å². The second kappa shape index (κ2) is 7.56. The number of carbonyl (C=O) groups is 2. The van der Waals surface area contributed by atoms with Crippen LogP contribution in [-0.2, 0) is 28.3 Å². The zero-order valence-corrected chi connectivity index (χ0v) is 18.3. The third-order valence-corrected chi connectivity index (χ3v) is 6.19. The van der Waals surface area contributed by atoms with E-state index < -0.39 is 11.6 Å². The lowest BCUT2D eigenvalue weighted by molar-refractivity contribution is -0.120. The summed E-state index contributed by atoms with van der Waals surface area (Å²) in [5.41, 5.74) is 3.63. The van der Waals surface area contributed by atoms with E-state index in [0.717, 1.165) is 22.4 Å². The number of carbonyl (C=O) groups excluding carboxylic acids is 2. The molecule has 2 amide bonds. The molecule has 4 heterocycles. The van der Waals surface area contributed by atoms with Crippen LogP contribution in [0.25, 0.3) is 11.3 Å². The standard InChI is InChI=1S/C24H25N5O3/c1-24(2)17-13-25-20(11-16(17)14-32-24)22(30)26-18-9-10-29-21(28(3)23(18)31)12-19(27-29)15-7-5-4-6-8-15/h4-8,11-13,18H,9-10,14H2,1-3H3,(H,26,30). The van der Waals surface area contributed by atoms with Crippen LogP contribution in [0.5, 0.6) is 0 Å². The maximum Gasteiger partial charge on any atom is 0.270 e. The number of hydrogen-bond acceptors (Lipinski definition) is 5. The van der Waals surface area contributed by atoms with Gasteiger partial charge in [-0.1, -0.05) is 30.3 Å². The maximum absolute atomic E-state index is 13.1. The molecule has 2 aromatic heterocycles. The predicted octanol–water partition coefficient (Wildman–Crippen LogP) is 2.88. The minimum Gasteiger partial charge on any atom is -0.366 e. The van der Waals surface area contributed by atoms with Crippen molar-refractivity contribution in [1.29, 1.82) is 0 Å². The van der Waals surface area contributed by atoms with Crippen molar-refractivity contribution in [2.24, 2.45) is 0 Å². The Kier molecular flexibility index (Phi) is 4.82. The third-order valence-electron chi connectivity index (χ3n) is 6.19. The zero-order chi connectivity index (χ0) is 22.5. The quantitative estimate of drug-likeness (QED) is 0.689. The lowest BCUT2D eigenvalue weighted by Gasteiger charge is -2.20. The van der Waals surface area contributed by atoms with E-state index in [1.54, 1.807) is 24.2 Å². The Morgan fingerprint density at radius 1 is 1.22 bits per heavy atom. The van der Waals surface area contributed by atoms with Crippen molar-refractivity contribution in [2.75, 3.05) is 11.9 Å². The van der Waals surface area contributed by atoms with E-state index in [1.807, 2.05) is 54.9 Å². The molecule has 0 bridgehead atoms. The van der Waals surface area contributed by atoms with Crippen LogP contribution in [0.3, 0.4) is 0 Å². The molecule has 0 fully saturated rings. The van der Waals surface area contributed by atoms with Crippen molar-refractivity contribution in [3.05, 3.63) is 65.5 Å². The second-order valence-corrected chi connectivity index (χ2v) is 8.71. The van der Waals surface area contributed by atoms with E-state index in [-0.39, 0.29) is 17.5 Å². The fraction of sp³-hybridized carbons (Fsp3) is 0.333. The maximum atomic E-state index is 13.1. The lowest BCUT2D eigenvalue weighted by atomic mass is 9.98. The van der Waals surface area contributed by atoms with Gasteiger partial charge in [-0.25, -0.2) is 4.68 Å². The molecular formula is C24H25N5O3. The molecule has 0 saturated heterocycles. The first-order chi connectivity index (χ1) is 15.3. The number of rotatable bonds is 3. The summed E-state index contributed by atoms with van der Waals surface area (Å²) in [5, 5.41) is 7.54. The van der Waals surface area contributed by atoms with Crippen LogP contribution >= 0.6 is 0 Å². The Bertz CT molecular complexity index is 1200. The van der Waals surface area contributed by atoms with E-state index in [1.165, 1.54) is 0 Å². The summed E-state index contributed by atoms with van der Waals surface area (Å²) in [7, 11) is 1.71. The van der Waals surface area contributed by atoms with Crippen molar-refractivity contribution in [3.63, 3.8) is 0 Å². The number of benzene rings is 1. The van der Waals surface area contributed by atoms with E-state index in [2.05, 4.69) is 15.4 Å². The van der Waals surface area contributed by atoms with Crippen LogP contribution in [0.4, 0.5) is 5.82 Å². The van der Waals surface area contributed by atoms with E-state index in [9.17, 15) is 9.59 Å². The molecule has 1 N–H and O–H groups in total. The van der Waals surface area contributed by atoms with Gasteiger partial charge in [0.1, 0.15) is 17.6 Å². The number of nitrogens with zero attached hydrogens (tertiary/aromatic N) is 4. The Balaban J connectivity index is 1.33. The molecular weight excluding hydrogens is 406 g/mol. The van der Waals surface area contributed by atoms with Crippen molar-refractivity contribution in [1.82, 2.24) is 20.1 Å². The number of anilines is 1. The molecule has 3 aromatic rings. The summed E-state index contributed by atoms with van der Waals surface area (Å²) < 4.78 is 7.59. The molecule has 1 unspecified atom stereocenters. The molecule has 1 atom stereocenters. The van der Waals surface area contributed by atoms with Gasteiger partial charge in [0, 0.05) is 37.0 Å². The molecule has 164 valence electrons. The minimum atomic E-state index is -0.655. The number of ether oxygens (including phenoxy) is 1. The molecule has 8 heteroatoms. The molecule has 0 radical (unpaired) electrons. The molecule has 32 heavy (non-hydrogen) atoms. The van der Waals surface area contributed by atoms with Gasteiger partial charge in [0.2, 0.25) is 0 Å². The van der Waals surface area contributed by atoms with Gasteiger partial charge >= 0.3 is 0 Å². The monoisotopic (exact) mass is 431 g/mol. The highest BCUT2D eigenvalue weighted by atomic mass is 16.5. The number of fused-ring (bicyclic) bond motifs is 2. The largest absolute Gasteiger partial charge is 0.366 e. The third kappa shape index (κ3) is 3.46. The summed E-state index contributed by atoms with van der Waals surface area (Å²) in [6, 6.07) is 12.9. The van der Waals surface area contributed by atoms with Crippen molar-refractivity contribution in [2.45, 2.75) is 45.1 Å². The Morgan fingerprint density at radius 2 is 2.00 bits per heavy atom. The smallest absolute Gasteiger partial charge is 0.270 e. The van der Waals surface area contributed by atoms with Gasteiger partial charge < -0.3 is 10.1 Å². The highest BCUT2D eigenvalue weighted by molar-refractivity contribution is 6.01. The summed E-state index contributed by atoms with van der Waals surface area (Å²) in [4.78, 5) is 31.9. The summed E-state index contributed by atoms with van der Waals surface area (Å²) in [5.74, 6) is 0.164. The van der Waals surface area contributed by atoms with Crippen LogP contribution in [0.15, 0.2) is 48.7 Å². The average molecular weight is 431 g/mol. The van der Waals surface area contributed by atoms with Gasteiger partial charge in [-0.15, -0.1) is 0 Å². The fourth-order valence-electron chi connectivity index (χ4n) is 4.30. The second-order valence-electron chi connectivity index (χ2n) is 8.71. The normalized spacial score (nSPS) is 19.3. The number of hydrogen-bond donors (Lipinski definition) is 1. The molecule has 8 nitrogen and oxygen atoms in total. The molecule has 5 rings (SSSR count). The lowest BCUT2D eigenvalue weighted by Crippen LogP contribution is -2.47. The molecule has 0 saturated carbocycles. The fourth-order valence-corrected chi connectivity index (χ4v) is 4.30. The summed E-state index contributed by atoms with van der Waals surface area (Å²) in [6.45, 7) is 4.92. The Hall–Kier alpha value is -3.52. The van der Waals surface area contributed by atoms with Gasteiger partial charge in [-0.05, 0) is 31.9 Å². The number of aryl methyl sites for hydroxylation is 1. The Morgan fingerprint density at radius 3 is 2.78 bits per heavy atom. The van der Waals surface area contributed by atoms with Gasteiger partial charge in [0.05, 0.1) is 17.9 Å². The molecule has 2 aliphatic heterocycles. The number of aromatic nitrogens is 3. The highest BCUT2D eigenvalue weighted by Gasteiger charge is 2.34. The summed E-state index contributed by atoms with van der Waals surface area (Å²) >= 11 is 0. The van der Waals surface area contributed by atoms with E-state index in [0.29, 0.717) is 25.4 Å². The van der Waals surface area contributed by atoms with Crippen LogP contribution in [0.1, 0.15) is 41.9 Å². The molecule has 0 spiro atoms. The number of pyridine rings is 1. The number of amides is 2. The number of likely N-dealkylation sites (N-methyl/N-ethyl adjacent to an activating group) is 1. The predicted molar refractivity (Wildman–Crippen MR) is 119 cm³/mol. The van der Waals surface area contributed by atoms with Crippen LogP contribution in [0, 0.1) is 0 Å². The summed E-state index contributed by atoms with van der Waals surface area (Å²) in [6.07, 6.45) is 2.14. The van der Waals surface area contributed by atoms with E-state index in [4.69, 9.17) is 4.74 Å². The zero-order valence-electron chi connectivity index (χ0n) is 18.3. The van der Waals surface area contributed by atoms with Crippen LogP contribution < -0.4 is 10.2 Å². The SMILES string of the molecule is CN1C(=O)C(NC(=O)c2cc3c(cn2)C(C)(C)OC3)CCn2nc(-c3ccccc3)cc21. The van der Waals surface area contributed by atoms with Crippen molar-refractivity contribution < 1.29 is 14.3 Å². The van der Waals surface area contributed by atoms with Gasteiger partial charge in [-0.2, -0.15) is 5.10 Å². The minimum absolute atomic E-state index is 0.178. The average Bonchev–Trinajstić information content (AvgIpc) is 3.33. The molecule has 2 aliphatic rings. The molecule has 1 aromatic carbocycles. The van der Waals surface area contributed by atoms with Crippen molar-refractivity contribution >= 4 is 17.6 Å². The first kappa shape index (κ1) is 20.4. The first-order valence-corrected chi connectivity index (χ1v) is 10.7. The van der Waals surface area contributed by atoms with E-state index >= 15 is 0 Å². The highest BCUT2D eigenvalue weighted by Crippen LogP contribution is 2.35. The Labute approximate surface area is 186 Å². The van der Waals surface area contributed by atoms with Crippen molar-refractivity contribution in [3.8, 4) is 11.3 Å².